The zero-order valence-electron chi connectivity index (χ0n) is 26.2. The fraction of sp³-hybridized carbons (Fsp3) is 0.469. The molecule has 0 aliphatic heterocycles. The monoisotopic (exact) mass is 590 g/mol. The third kappa shape index (κ3) is 6.38. The Labute approximate surface area is 248 Å². The van der Waals surface area contributed by atoms with Crippen molar-refractivity contribution in [3.8, 4) is 11.8 Å². The molecule has 4 aromatic rings. The molecule has 1 unspecified atom stereocenters. The van der Waals surface area contributed by atoms with Gasteiger partial charge in [0, 0.05) is 31.8 Å². The first kappa shape index (κ1) is 31.3. The van der Waals surface area contributed by atoms with E-state index < -0.39 is 25.4 Å². The number of aromatic nitrogens is 3. The van der Waals surface area contributed by atoms with E-state index in [2.05, 4.69) is 25.7 Å². The highest BCUT2D eigenvalue weighted by atomic mass is 28.3. The maximum atomic E-state index is 13.2. The summed E-state index contributed by atoms with van der Waals surface area (Å²) >= 11 is 0. The molecule has 0 fully saturated rings. The van der Waals surface area contributed by atoms with Crippen molar-refractivity contribution in [2.45, 2.75) is 85.2 Å². The van der Waals surface area contributed by atoms with E-state index in [0.717, 1.165) is 11.6 Å². The van der Waals surface area contributed by atoms with Gasteiger partial charge in [-0.25, -0.2) is 9.78 Å². The van der Waals surface area contributed by atoms with Gasteiger partial charge in [-0.2, -0.15) is 5.26 Å². The van der Waals surface area contributed by atoms with Crippen LogP contribution < -0.4 is 4.74 Å². The molecule has 10 heteroatoms. The summed E-state index contributed by atoms with van der Waals surface area (Å²) in [5, 5.41) is 22.7. The fourth-order valence-corrected chi connectivity index (χ4v) is 5.84. The molecule has 0 saturated heterocycles. The maximum Gasteiger partial charge on any atom is 0.419 e. The number of aliphatic hydroxyl groups is 1. The van der Waals surface area contributed by atoms with Gasteiger partial charge in [-0.15, -0.1) is 0 Å². The zero-order valence-corrected chi connectivity index (χ0v) is 27.2. The molecule has 2 aromatic heterocycles. The fourth-order valence-electron chi connectivity index (χ4n) is 5.08. The van der Waals surface area contributed by atoms with Crippen molar-refractivity contribution in [2.75, 3.05) is 13.2 Å². The van der Waals surface area contributed by atoms with Gasteiger partial charge in [-0.1, -0.05) is 19.6 Å². The van der Waals surface area contributed by atoms with Crippen LogP contribution in [-0.2, 0) is 21.8 Å². The number of carbonyl (C=O) groups is 1. The Hall–Kier alpha value is -3.65. The molecule has 0 bridgehead atoms. The van der Waals surface area contributed by atoms with Crippen LogP contribution >= 0.6 is 0 Å². The van der Waals surface area contributed by atoms with Gasteiger partial charge in [-0.05, 0) is 83.5 Å². The van der Waals surface area contributed by atoms with Crippen molar-refractivity contribution in [1.29, 1.82) is 5.26 Å². The van der Waals surface area contributed by atoms with E-state index in [-0.39, 0.29) is 6.73 Å². The SMILES string of the molecule is CCOc1cc(C)c2c(ccn2C(=O)OC(C)(C)C)c1C(C)(O)c1nc2ccc(C#N)cc2n1COCC[Si](C)(C)C. The van der Waals surface area contributed by atoms with E-state index in [4.69, 9.17) is 19.2 Å². The molecule has 2 aromatic carbocycles. The molecule has 224 valence electrons. The van der Waals surface area contributed by atoms with Crippen molar-refractivity contribution in [2.24, 2.45) is 0 Å². The van der Waals surface area contributed by atoms with Gasteiger partial charge in [0.25, 0.3) is 0 Å². The summed E-state index contributed by atoms with van der Waals surface area (Å²) < 4.78 is 21.2. The van der Waals surface area contributed by atoms with E-state index >= 15 is 0 Å². The van der Waals surface area contributed by atoms with Crippen LogP contribution in [0.5, 0.6) is 5.75 Å². The lowest BCUT2D eigenvalue weighted by atomic mass is 9.89. The molecule has 0 aliphatic carbocycles. The topological polar surface area (TPSA) is 112 Å². The first-order chi connectivity index (χ1) is 19.6. The van der Waals surface area contributed by atoms with E-state index in [9.17, 15) is 15.2 Å². The summed E-state index contributed by atoms with van der Waals surface area (Å²) in [5.74, 6) is 0.835. The van der Waals surface area contributed by atoms with Crippen molar-refractivity contribution in [3.05, 3.63) is 59.0 Å². The summed E-state index contributed by atoms with van der Waals surface area (Å²) in [6.07, 6.45) is 1.14. The van der Waals surface area contributed by atoms with Gasteiger partial charge < -0.3 is 23.9 Å². The van der Waals surface area contributed by atoms with E-state index in [1.807, 2.05) is 45.3 Å². The van der Waals surface area contributed by atoms with E-state index in [0.29, 0.717) is 57.9 Å². The Kier molecular flexibility index (Phi) is 8.61. The van der Waals surface area contributed by atoms with Crippen LogP contribution in [0.3, 0.4) is 0 Å². The standard InChI is InChI=1S/C32H42N4O5Si/c1-10-40-26-17-21(2)28-23(13-14-35(28)30(37)41-31(3,4)5)27(26)32(6,38)29-34-24-12-11-22(19-33)18-25(24)36(29)20-39-15-16-42(7,8)9/h11-14,17-18,38H,10,15-16,20H2,1-9H3. The smallest absolute Gasteiger partial charge is 0.419 e. The number of rotatable bonds is 9. The van der Waals surface area contributed by atoms with Gasteiger partial charge in [0.1, 0.15) is 29.5 Å². The second-order valence-corrected chi connectivity index (χ2v) is 18.6. The predicted molar refractivity (Wildman–Crippen MR) is 167 cm³/mol. The molecule has 0 saturated carbocycles. The number of fused-ring (bicyclic) bond motifs is 2. The quantitative estimate of drug-likeness (QED) is 0.166. The highest BCUT2D eigenvalue weighted by Gasteiger charge is 2.38. The van der Waals surface area contributed by atoms with Crippen LogP contribution in [0.1, 0.15) is 57.1 Å². The molecular weight excluding hydrogens is 548 g/mol. The van der Waals surface area contributed by atoms with Crippen LogP contribution in [0.2, 0.25) is 25.7 Å². The lowest BCUT2D eigenvalue weighted by molar-refractivity contribution is 0.0540. The first-order valence-electron chi connectivity index (χ1n) is 14.3. The minimum Gasteiger partial charge on any atom is -0.493 e. The van der Waals surface area contributed by atoms with Crippen molar-refractivity contribution in [3.63, 3.8) is 0 Å². The Morgan fingerprint density at radius 1 is 1.14 bits per heavy atom. The number of ether oxygens (including phenoxy) is 3. The van der Waals surface area contributed by atoms with Crippen molar-refractivity contribution in [1.82, 2.24) is 14.1 Å². The van der Waals surface area contributed by atoms with E-state index in [1.165, 1.54) is 4.57 Å². The number of nitrogens with zero attached hydrogens (tertiary/aromatic N) is 4. The highest BCUT2D eigenvalue weighted by molar-refractivity contribution is 6.76. The Morgan fingerprint density at radius 2 is 1.86 bits per heavy atom. The number of hydrogen-bond donors (Lipinski definition) is 1. The molecule has 1 atom stereocenters. The van der Waals surface area contributed by atoms with E-state index in [1.54, 1.807) is 37.4 Å². The van der Waals surface area contributed by atoms with Crippen LogP contribution in [0.4, 0.5) is 4.79 Å². The van der Waals surface area contributed by atoms with Crippen molar-refractivity contribution >= 4 is 36.1 Å². The second kappa shape index (κ2) is 11.6. The Bertz CT molecular complexity index is 1660. The average Bonchev–Trinajstić information content (AvgIpc) is 3.47. The number of carbonyl (C=O) groups excluding carboxylic acids is 1. The maximum absolute atomic E-state index is 13.2. The summed E-state index contributed by atoms with van der Waals surface area (Å²) in [7, 11) is -1.32. The summed E-state index contributed by atoms with van der Waals surface area (Å²) in [5.41, 5.74) is 1.34. The highest BCUT2D eigenvalue weighted by Crippen LogP contribution is 2.43. The molecule has 42 heavy (non-hydrogen) atoms. The first-order valence-corrected chi connectivity index (χ1v) is 18.0. The second-order valence-electron chi connectivity index (χ2n) is 13.0. The number of nitriles is 1. The molecule has 9 nitrogen and oxygen atoms in total. The molecule has 2 heterocycles. The lowest BCUT2D eigenvalue weighted by Crippen LogP contribution is -2.30. The molecule has 0 aliphatic rings. The van der Waals surface area contributed by atoms with Gasteiger partial charge in [0.2, 0.25) is 0 Å². The van der Waals surface area contributed by atoms with Gasteiger partial charge in [0.15, 0.2) is 0 Å². The minimum absolute atomic E-state index is 0.152. The normalized spacial score (nSPS) is 13.7. The number of benzene rings is 2. The molecular formula is C32H42N4O5Si. The van der Waals surface area contributed by atoms with Crippen LogP contribution in [-0.4, -0.2) is 52.2 Å². The summed E-state index contributed by atoms with van der Waals surface area (Å²) in [4.78, 5) is 18.0. The van der Waals surface area contributed by atoms with Gasteiger partial charge >= 0.3 is 6.09 Å². The predicted octanol–water partition coefficient (Wildman–Crippen LogP) is 6.92. The van der Waals surface area contributed by atoms with Gasteiger partial charge in [0.05, 0.1) is 34.8 Å². The molecule has 4 rings (SSSR count). The third-order valence-electron chi connectivity index (χ3n) is 7.03. The zero-order chi connectivity index (χ0) is 31.0. The molecule has 0 spiro atoms. The molecule has 0 radical (unpaired) electrons. The Balaban J connectivity index is 1.93. The van der Waals surface area contributed by atoms with Crippen LogP contribution in [0, 0.1) is 18.3 Å². The summed E-state index contributed by atoms with van der Waals surface area (Å²) in [6, 6.07) is 12.1. The number of aryl methyl sites for hydroxylation is 1. The minimum atomic E-state index is -1.68. The molecule has 1 N–H and O–H groups in total. The summed E-state index contributed by atoms with van der Waals surface area (Å²) in [6.45, 7) is 18.9. The average molecular weight is 591 g/mol. The number of hydrogen-bond acceptors (Lipinski definition) is 7. The van der Waals surface area contributed by atoms with Gasteiger partial charge in [-0.3, -0.25) is 4.57 Å². The van der Waals surface area contributed by atoms with Crippen molar-refractivity contribution < 1.29 is 24.1 Å². The van der Waals surface area contributed by atoms with Crippen LogP contribution in [0.15, 0.2) is 36.5 Å². The Morgan fingerprint density at radius 3 is 2.48 bits per heavy atom. The number of imidazole rings is 1. The van der Waals surface area contributed by atoms with Crippen LogP contribution in [0.25, 0.3) is 21.9 Å². The largest absolute Gasteiger partial charge is 0.493 e. The lowest BCUT2D eigenvalue weighted by Gasteiger charge is -2.28. The third-order valence-corrected chi connectivity index (χ3v) is 8.73. The molecule has 0 amide bonds.